The summed E-state index contributed by atoms with van der Waals surface area (Å²) in [5, 5.41) is 9.36. The lowest BCUT2D eigenvalue weighted by molar-refractivity contribution is -0.155. The van der Waals surface area contributed by atoms with E-state index in [1.807, 2.05) is 6.92 Å². The average Bonchev–Trinajstić information content (AvgIpc) is 2.89. The molecule has 17 heavy (non-hydrogen) atoms. The molecule has 1 heterocycles. The van der Waals surface area contributed by atoms with Gasteiger partial charge in [-0.05, 0) is 32.6 Å². The highest BCUT2D eigenvalue weighted by Gasteiger charge is 2.41. The van der Waals surface area contributed by atoms with Crippen LogP contribution in [0.4, 0.5) is 0 Å². The van der Waals surface area contributed by atoms with E-state index in [1.54, 1.807) is 0 Å². The van der Waals surface area contributed by atoms with E-state index in [0.717, 1.165) is 44.9 Å². The van der Waals surface area contributed by atoms with E-state index in [1.165, 1.54) is 0 Å². The Hall–Kier alpha value is -0.610. The van der Waals surface area contributed by atoms with Crippen LogP contribution in [0.25, 0.3) is 0 Å². The summed E-state index contributed by atoms with van der Waals surface area (Å²) < 4.78 is 11.1. The standard InChI is InChI=1S/C13H22O4/c1-12(16-9-10-17-12)5-4-8-13(11(14)15)6-2-3-7-13/h2-10H2,1H3,(H,14,15). The molecule has 0 spiro atoms. The van der Waals surface area contributed by atoms with E-state index in [-0.39, 0.29) is 0 Å². The van der Waals surface area contributed by atoms with Crippen LogP contribution in [-0.4, -0.2) is 30.1 Å². The largest absolute Gasteiger partial charge is 0.481 e. The lowest BCUT2D eigenvalue weighted by Gasteiger charge is -2.27. The topological polar surface area (TPSA) is 55.8 Å². The first-order valence-electron chi connectivity index (χ1n) is 6.58. The number of rotatable bonds is 5. The van der Waals surface area contributed by atoms with Crippen LogP contribution in [0.2, 0.25) is 0 Å². The summed E-state index contributed by atoms with van der Waals surface area (Å²) in [6, 6.07) is 0. The quantitative estimate of drug-likeness (QED) is 0.805. The minimum absolute atomic E-state index is 0.463. The van der Waals surface area contributed by atoms with Crippen molar-refractivity contribution >= 4 is 5.97 Å². The van der Waals surface area contributed by atoms with Crippen molar-refractivity contribution in [2.75, 3.05) is 13.2 Å². The van der Waals surface area contributed by atoms with Gasteiger partial charge in [-0.2, -0.15) is 0 Å². The molecule has 0 atom stereocenters. The highest BCUT2D eigenvalue weighted by Crippen LogP contribution is 2.43. The third-order valence-corrected chi connectivity index (χ3v) is 4.20. The number of carboxylic acid groups (broad SMARTS) is 1. The summed E-state index contributed by atoms with van der Waals surface area (Å²) >= 11 is 0. The molecular formula is C13H22O4. The third kappa shape index (κ3) is 2.80. The summed E-state index contributed by atoms with van der Waals surface area (Å²) in [7, 11) is 0. The van der Waals surface area contributed by atoms with Crippen LogP contribution in [0, 0.1) is 5.41 Å². The molecule has 1 aliphatic heterocycles. The van der Waals surface area contributed by atoms with Crippen molar-refractivity contribution in [3.8, 4) is 0 Å². The molecule has 0 aromatic rings. The summed E-state index contributed by atoms with van der Waals surface area (Å²) in [4.78, 5) is 11.4. The number of aliphatic carboxylic acids is 1. The van der Waals surface area contributed by atoms with Gasteiger partial charge in [-0.1, -0.05) is 12.8 Å². The molecule has 1 N–H and O–H groups in total. The Kier molecular flexibility index (Phi) is 3.73. The molecule has 1 saturated heterocycles. The molecule has 2 rings (SSSR count). The lowest BCUT2D eigenvalue weighted by Crippen LogP contribution is -2.30. The lowest BCUT2D eigenvalue weighted by atomic mass is 9.81. The molecule has 4 nitrogen and oxygen atoms in total. The monoisotopic (exact) mass is 242 g/mol. The first-order chi connectivity index (χ1) is 8.06. The van der Waals surface area contributed by atoms with Gasteiger partial charge in [0.25, 0.3) is 0 Å². The fourth-order valence-electron chi connectivity index (χ4n) is 3.07. The zero-order chi connectivity index (χ0) is 12.4. The molecule has 0 aromatic carbocycles. The second-order valence-electron chi connectivity index (χ2n) is 5.48. The highest BCUT2D eigenvalue weighted by atomic mass is 16.7. The molecule has 0 unspecified atom stereocenters. The molecule has 0 amide bonds. The van der Waals surface area contributed by atoms with Gasteiger partial charge in [0.2, 0.25) is 0 Å². The summed E-state index contributed by atoms with van der Waals surface area (Å²) in [5.74, 6) is -1.09. The van der Waals surface area contributed by atoms with Crippen molar-refractivity contribution in [2.45, 2.75) is 57.7 Å². The third-order valence-electron chi connectivity index (χ3n) is 4.20. The summed E-state index contributed by atoms with van der Waals surface area (Å²) in [5.41, 5.74) is -0.463. The van der Waals surface area contributed by atoms with Crippen molar-refractivity contribution in [1.82, 2.24) is 0 Å². The number of hydrogen-bond donors (Lipinski definition) is 1. The minimum Gasteiger partial charge on any atom is -0.481 e. The number of ether oxygens (including phenoxy) is 2. The van der Waals surface area contributed by atoms with Crippen LogP contribution in [0.3, 0.4) is 0 Å². The maximum absolute atomic E-state index is 11.4. The van der Waals surface area contributed by atoms with Crippen molar-refractivity contribution in [1.29, 1.82) is 0 Å². The van der Waals surface area contributed by atoms with Crippen LogP contribution in [-0.2, 0) is 14.3 Å². The van der Waals surface area contributed by atoms with Gasteiger partial charge < -0.3 is 14.6 Å². The Labute approximate surface area is 102 Å². The van der Waals surface area contributed by atoms with Gasteiger partial charge >= 0.3 is 5.97 Å². The molecule has 2 aliphatic rings. The first kappa shape index (κ1) is 12.8. The van der Waals surface area contributed by atoms with Gasteiger partial charge in [0.05, 0.1) is 18.6 Å². The van der Waals surface area contributed by atoms with Gasteiger partial charge in [-0.15, -0.1) is 0 Å². The van der Waals surface area contributed by atoms with Crippen molar-refractivity contribution in [3.05, 3.63) is 0 Å². The average molecular weight is 242 g/mol. The predicted octanol–water partition coefficient (Wildman–Crippen LogP) is 2.56. The van der Waals surface area contributed by atoms with E-state index in [0.29, 0.717) is 13.2 Å². The van der Waals surface area contributed by atoms with Crippen LogP contribution in [0.1, 0.15) is 51.9 Å². The van der Waals surface area contributed by atoms with Crippen LogP contribution < -0.4 is 0 Å². The molecule has 0 bridgehead atoms. The zero-order valence-electron chi connectivity index (χ0n) is 10.5. The molecule has 0 radical (unpaired) electrons. The zero-order valence-corrected chi connectivity index (χ0v) is 10.5. The number of hydrogen-bond acceptors (Lipinski definition) is 3. The Morgan fingerprint density at radius 1 is 1.18 bits per heavy atom. The van der Waals surface area contributed by atoms with Gasteiger partial charge in [0.15, 0.2) is 5.79 Å². The van der Waals surface area contributed by atoms with Crippen molar-refractivity contribution in [3.63, 3.8) is 0 Å². The molecule has 4 heteroatoms. The highest BCUT2D eigenvalue weighted by molar-refractivity contribution is 5.74. The van der Waals surface area contributed by atoms with Gasteiger partial charge in [-0.25, -0.2) is 0 Å². The van der Waals surface area contributed by atoms with E-state index in [2.05, 4.69) is 0 Å². The van der Waals surface area contributed by atoms with Gasteiger partial charge in [-0.3, -0.25) is 4.79 Å². The molecule has 0 aromatic heterocycles. The maximum atomic E-state index is 11.4. The molecular weight excluding hydrogens is 220 g/mol. The van der Waals surface area contributed by atoms with E-state index in [4.69, 9.17) is 9.47 Å². The fraction of sp³-hybridized carbons (Fsp3) is 0.923. The molecule has 2 fully saturated rings. The first-order valence-corrected chi connectivity index (χ1v) is 6.58. The van der Waals surface area contributed by atoms with E-state index in [9.17, 15) is 9.90 Å². The molecule has 98 valence electrons. The Bertz CT molecular complexity index is 275. The van der Waals surface area contributed by atoms with Crippen LogP contribution >= 0.6 is 0 Å². The number of carbonyl (C=O) groups is 1. The van der Waals surface area contributed by atoms with Crippen LogP contribution in [0.5, 0.6) is 0 Å². The Morgan fingerprint density at radius 3 is 2.29 bits per heavy atom. The maximum Gasteiger partial charge on any atom is 0.309 e. The second-order valence-corrected chi connectivity index (χ2v) is 5.48. The van der Waals surface area contributed by atoms with E-state index >= 15 is 0 Å². The Balaban J connectivity index is 1.82. The van der Waals surface area contributed by atoms with Gasteiger partial charge in [0.1, 0.15) is 0 Å². The smallest absolute Gasteiger partial charge is 0.309 e. The summed E-state index contributed by atoms with van der Waals surface area (Å²) in [6.45, 7) is 3.25. The molecule has 1 saturated carbocycles. The van der Waals surface area contributed by atoms with Crippen molar-refractivity contribution in [2.24, 2.45) is 5.41 Å². The Morgan fingerprint density at radius 2 is 1.76 bits per heavy atom. The predicted molar refractivity (Wildman–Crippen MR) is 62.7 cm³/mol. The van der Waals surface area contributed by atoms with Gasteiger partial charge in [0, 0.05) is 6.42 Å². The van der Waals surface area contributed by atoms with Crippen LogP contribution in [0.15, 0.2) is 0 Å². The van der Waals surface area contributed by atoms with E-state index < -0.39 is 17.2 Å². The second kappa shape index (κ2) is 4.94. The normalized spacial score (nSPS) is 26.2. The minimum atomic E-state index is -0.617. The van der Waals surface area contributed by atoms with Crippen molar-refractivity contribution < 1.29 is 19.4 Å². The SMILES string of the molecule is CC1(CCCC2(C(=O)O)CCCC2)OCCO1. The fourth-order valence-corrected chi connectivity index (χ4v) is 3.07. The molecule has 1 aliphatic carbocycles. The summed E-state index contributed by atoms with van der Waals surface area (Å²) in [6.07, 6.45) is 6.18. The number of carboxylic acids is 1.